The summed E-state index contributed by atoms with van der Waals surface area (Å²) in [4.78, 5) is 29.2. The second-order valence-electron chi connectivity index (χ2n) is 6.94. The maximum atomic E-state index is 12.4. The van der Waals surface area contributed by atoms with Crippen LogP contribution in [-0.4, -0.2) is 29.6 Å². The number of ketones is 2. The summed E-state index contributed by atoms with van der Waals surface area (Å²) >= 11 is 0. The molecule has 0 amide bonds. The third kappa shape index (κ3) is 4.31. The predicted molar refractivity (Wildman–Crippen MR) is 96.1 cm³/mol. The predicted octanol–water partition coefficient (Wildman–Crippen LogP) is 4.60. The van der Waals surface area contributed by atoms with E-state index in [0.29, 0.717) is 42.0 Å². The van der Waals surface area contributed by atoms with E-state index in [9.17, 15) is 9.59 Å². The van der Waals surface area contributed by atoms with Gasteiger partial charge >= 0.3 is 0 Å². The first-order valence-corrected chi connectivity index (χ1v) is 8.81. The topological polar surface area (TPSA) is 55.7 Å². The van der Waals surface area contributed by atoms with Crippen LogP contribution in [0.15, 0.2) is 23.2 Å². The molecule has 2 rings (SSSR count). The zero-order valence-electron chi connectivity index (χ0n) is 15.1. The number of aliphatic imine (C=N–C) groups is 1. The Kier molecular flexibility index (Phi) is 5.92. The highest BCUT2D eigenvalue weighted by molar-refractivity contribution is 6.10. The molecule has 0 saturated carbocycles. The lowest BCUT2D eigenvalue weighted by molar-refractivity contribution is 0.0971. The van der Waals surface area contributed by atoms with Gasteiger partial charge in [-0.25, -0.2) is 4.99 Å². The van der Waals surface area contributed by atoms with Crippen LogP contribution in [0.2, 0.25) is 0 Å². The van der Waals surface area contributed by atoms with Crippen LogP contribution in [0.4, 0.5) is 0 Å². The Bertz CT molecular complexity index is 659. The summed E-state index contributed by atoms with van der Waals surface area (Å²) in [6.45, 7) is 8.40. The first kappa shape index (κ1) is 18.4. The molecule has 0 bridgehead atoms. The van der Waals surface area contributed by atoms with E-state index in [2.05, 4.69) is 11.9 Å². The number of nitrogens with zero attached hydrogens (tertiary/aromatic N) is 1. The van der Waals surface area contributed by atoms with Gasteiger partial charge in [-0.1, -0.05) is 32.8 Å². The average Bonchev–Trinajstić information content (AvgIpc) is 2.93. The molecule has 0 saturated heterocycles. The van der Waals surface area contributed by atoms with Crippen LogP contribution in [0.3, 0.4) is 0 Å². The molecule has 130 valence electrons. The number of rotatable bonds is 8. The fourth-order valence-electron chi connectivity index (χ4n) is 2.73. The molecule has 0 atom stereocenters. The highest BCUT2D eigenvalue weighted by Gasteiger charge is 2.29. The van der Waals surface area contributed by atoms with Crippen molar-refractivity contribution in [1.29, 1.82) is 0 Å². The molecule has 1 aromatic carbocycles. The van der Waals surface area contributed by atoms with Crippen molar-refractivity contribution < 1.29 is 14.3 Å². The second kappa shape index (κ2) is 7.73. The molecular formula is C20H27NO3. The summed E-state index contributed by atoms with van der Waals surface area (Å²) in [6.07, 6.45) is 3.97. The number of carbonyl (C=O) groups excluding carboxylic acids is 2. The number of Topliss-reactive ketones (excluding diaryl/α,β-unsaturated/α-hetero) is 2. The molecule has 24 heavy (non-hydrogen) atoms. The Morgan fingerprint density at radius 1 is 1.17 bits per heavy atom. The Morgan fingerprint density at radius 3 is 2.50 bits per heavy atom. The van der Waals surface area contributed by atoms with Crippen molar-refractivity contribution in [3.63, 3.8) is 0 Å². The molecular weight excluding hydrogens is 302 g/mol. The summed E-state index contributed by atoms with van der Waals surface area (Å²) in [7, 11) is 0. The van der Waals surface area contributed by atoms with Gasteiger partial charge in [-0.05, 0) is 32.4 Å². The van der Waals surface area contributed by atoms with Gasteiger partial charge in [0, 0.05) is 29.5 Å². The lowest BCUT2D eigenvalue weighted by atomic mass is 9.96. The van der Waals surface area contributed by atoms with Gasteiger partial charge in [0.25, 0.3) is 0 Å². The minimum Gasteiger partial charge on any atom is -0.475 e. The van der Waals surface area contributed by atoms with Crippen LogP contribution in [0.5, 0.6) is 0 Å². The van der Waals surface area contributed by atoms with E-state index in [4.69, 9.17) is 4.74 Å². The number of hydrogen-bond donors (Lipinski definition) is 0. The third-order valence-corrected chi connectivity index (χ3v) is 4.17. The zero-order chi connectivity index (χ0) is 17.7. The Balaban J connectivity index is 2.36. The maximum absolute atomic E-state index is 12.4. The van der Waals surface area contributed by atoms with Crippen LogP contribution >= 0.6 is 0 Å². The number of unbranched alkanes of at least 4 members (excludes halogenated alkanes) is 2. The summed E-state index contributed by atoms with van der Waals surface area (Å²) in [6, 6.07) is 5.27. The molecule has 1 aliphatic heterocycles. The van der Waals surface area contributed by atoms with Crippen molar-refractivity contribution in [2.45, 2.75) is 65.3 Å². The van der Waals surface area contributed by atoms with E-state index in [0.717, 1.165) is 19.3 Å². The molecule has 0 unspecified atom stereocenters. The summed E-state index contributed by atoms with van der Waals surface area (Å²) < 4.78 is 5.71. The van der Waals surface area contributed by atoms with Gasteiger partial charge < -0.3 is 4.74 Å². The summed E-state index contributed by atoms with van der Waals surface area (Å²) in [5.74, 6) is 0.615. The van der Waals surface area contributed by atoms with Crippen LogP contribution in [0.25, 0.3) is 0 Å². The lowest BCUT2D eigenvalue weighted by Gasteiger charge is -2.10. The van der Waals surface area contributed by atoms with E-state index >= 15 is 0 Å². The minimum atomic E-state index is -0.303. The Hall–Kier alpha value is -1.97. The van der Waals surface area contributed by atoms with E-state index < -0.39 is 0 Å². The Morgan fingerprint density at radius 2 is 1.92 bits per heavy atom. The molecule has 1 aliphatic rings. The SMILES string of the molecule is CCCCCC(=O)c1ccc(C(=O)CC)c(C2=NC(C)(C)CO2)c1. The quantitative estimate of drug-likeness (QED) is 0.517. The molecule has 1 heterocycles. The largest absolute Gasteiger partial charge is 0.475 e. The number of hydrogen-bond acceptors (Lipinski definition) is 4. The number of ether oxygens (including phenoxy) is 1. The van der Waals surface area contributed by atoms with E-state index in [1.165, 1.54) is 0 Å². The number of benzene rings is 1. The van der Waals surface area contributed by atoms with Gasteiger partial charge in [-0.3, -0.25) is 9.59 Å². The van der Waals surface area contributed by atoms with Crippen LogP contribution in [0, 0.1) is 0 Å². The van der Waals surface area contributed by atoms with Gasteiger partial charge in [-0.2, -0.15) is 0 Å². The minimum absolute atomic E-state index is 0.0333. The third-order valence-electron chi connectivity index (χ3n) is 4.17. The van der Waals surface area contributed by atoms with Crippen molar-refractivity contribution in [3.05, 3.63) is 34.9 Å². The molecule has 4 heteroatoms. The fraction of sp³-hybridized carbons (Fsp3) is 0.550. The van der Waals surface area contributed by atoms with Crippen molar-refractivity contribution in [2.75, 3.05) is 6.61 Å². The summed E-state index contributed by atoms with van der Waals surface area (Å²) in [5, 5.41) is 0. The van der Waals surface area contributed by atoms with Crippen molar-refractivity contribution in [3.8, 4) is 0 Å². The maximum Gasteiger partial charge on any atom is 0.217 e. The zero-order valence-corrected chi connectivity index (χ0v) is 15.1. The molecule has 0 N–H and O–H groups in total. The monoisotopic (exact) mass is 329 g/mol. The average molecular weight is 329 g/mol. The van der Waals surface area contributed by atoms with Gasteiger partial charge in [0.2, 0.25) is 5.90 Å². The normalized spacial score (nSPS) is 15.8. The van der Waals surface area contributed by atoms with Crippen LogP contribution < -0.4 is 0 Å². The Labute approximate surface area is 144 Å². The standard InChI is InChI=1S/C20H27NO3/c1-5-7-8-9-18(23)14-10-11-15(17(22)6-2)16(12-14)19-21-20(3,4)13-24-19/h10-12H,5-9,13H2,1-4H3. The van der Waals surface area contributed by atoms with E-state index in [-0.39, 0.29) is 17.1 Å². The van der Waals surface area contributed by atoms with Gasteiger partial charge in [-0.15, -0.1) is 0 Å². The van der Waals surface area contributed by atoms with E-state index in [1.54, 1.807) is 18.2 Å². The molecule has 0 fully saturated rings. The lowest BCUT2D eigenvalue weighted by Crippen LogP contribution is -2.17. The highest BCUT2D eigenvalue weighted by Crippen LogP contribution is 2.25. The highest BCUT2D eigenvalue weighted by atomic mass is 16.5. The molecule has 0 spiro atoms. The van der Waals surface area contributed by atoms with Gasteiger partial charge in [0.1, 0.15) is 6.61 Å². The van der Waals surface area contributed by atoms with Crippen molar-refractivity contribution in [1.82, 2.24) is 0 Å². The first-order valence-electron chi connectivity index (χ1n) is 8.81. The molecule has 4 nitrogen and oxygen atoms in total. The molecule has 0 radical (unpaired) electrons. The molecule has 0 aromatic heterocycles. The van der Waals surface area contributed by atoms with Gasteiger partial charge in [0.15, 0.2) is 11.6 Å². The van der Waals surface area contributed by atoms with E-state index in [1.807, 2.05) is 20.8 Å². The van der Waals surface area contributed by atoms with Crippen LogP contribution in [0.1, 0.15) is 86.1 Å². The van der Waals surface area contributed by atoms with Crippen LogP contribution in [-0.2, 0) is 4.74 Å². The smallest absolute Gasteiger partial charge is 0.217 e. The fourth-order valence-corrected chi connectivity index (χ4v) is 2.73. The molecule has 1 aromatic rings. The van der Waals surface area contributed by atoms with Gasteiger partial charge in [0.05, 0.1) is 5.54 Å². The molecule has 0 aliphatic carbocycles. The number of carbonyl (C=O) groups is 2. The summed E-state index contributed by atoms with van der Waals surface area (Å²) in [5.41, 5.74) is 1.56. The van der Waals surface area contributed by atoms with Crippen molar-refractivity contribution >= 4 is 17.5 Å². The second-order valence-corrected chi connectivity index (χ2v) is 6.94. The van der Waals surface area contributed by atoms with Crippen molar-refractivity contribution in [2.24, 2.45) is 4.99 Å². The first-order chi connectivity index (χ1) is 11.4.